The number of nitrogens with two attached hydrogens (primary N) is 1. The van der Waals surface area contributed by atoms with Gasteiger partial charge in [0.1, 0.15) is 4.90 Å². The molecular weight excluding hydrogens is 278 g/mol. The molecule has 1 atom stereocenters. The molecule has 1 unspecified atom stereocenters. The van der Waals surface area contributed by atoms with Crippen LogP contribution in [0.3, 0.4) is 0 Å². The maximum absolute atomic E-state index is 12.3. The van der Waals surface area contributed by atoms with Gasteiger partial charge in [0, 0.05) is 18.8 Å². The summed E-state index contributed by atoms with van der Waals surface area (Å²) in [7, 11) is 0.292. The normalized spacial score (nSPS) is 13.8. The van der Waals surface area contributed by atoms with Gasteiger partial charge in [-0.2, -0.15) is 5.10 Å². The van der Waals surface area contributed by atoms with E-state index in [1.807, 2.05) is 32.8 Å². The molecule has 1 aromatic heterocycles. The van der Waals surface area contributed by atoms with Crippen LogP contribution in [0.25, 0.3) is 0 Å². The number of nitrogen functional groups attached to an aromatic ring is 1. The summed E-state index contributed by atoms with van der Waals surface area (Å²) in [5.74, 6) is 0.0470. The number of nitrogens with zero attached hydrogens (tertiary/aromatic N) is 3. The zero-order valence-corrected chi connectivity index (χ0v) is 13.4. The highest BCUT2D eigenvalue weighted by atomic mass is 32.2. The molecule has 0 radical (unpaired) electrons. The smallest absolute Gasteiger partial charge is 0.246 e. The molecule has 1 rings (SSSR count). The minimum Gasteiger partial charge on any atom is -0.381 e. The van der Waals surface area contributed by atoms with Gasteiger partial charge in [0.05, 0.1) is 0 Å². The van der Waals surface area contributed by atoms with Crippen LogP contribution in [0, 0.1) is 0 Å². The van der Waals surface area contributed by atoms with Crippen molar-refractivity contribution in [3.63, 3.8) is 0 Å². The van der Waals surface area contributed by atoms with E-state index >= 15 is 0 Å². The molecule has 20 heavy (non-hydrogen) atoms. The lowest BCUT2D eigenvalue weighted by Crippen LogP contribution is -2.35. The summed E-state index contributed by atoms with van der Waals surface area (Å²) in [5, 5.41) is 4.02. The largest absolute Gasteiger partial charge is 0.381 e. The second kappa shape index (κ2) is 7.05. The lowest BCUT2D eigenvalue weighted by atomic mass is 10.2. The van der Waals surface area contributed by atoms with Crippen LogP contribution in [0.5, 0.6) is 0 Å². The van der Waals surface area contributed by atoms with Crippen LogP contribution >= 0.6 is 0 Å². The van der Waals surface area contributed by atoms with Crippen molar-refractivity contribution in [1.29, 1.82) is 0 Å². The van der Waals surface area contributed by atoms with E-state index < -0.39 is 10.0 Å². The van der Waals surface area contributed by atoms with Crippen molar-refractivity contribution >= 4 is 15.8 Å². The van der Waals surface area contributed by atoms with Crippen molar-refractivity contribution in [1.82, 2.24) is 19.4 Å². The number of aromatic nitrogens is 2. The van der Waals surface area contributed by atoms with Gasteiger partial charge in [-0.3, -0.25) is 4.68 Å². The van der Waals surface area contributed by atoms with E-state index in [-0.39, 0.29) is 16.8 Å². The molecule has 116 valence electrons. The SMILES string of the molecule is CCCn1cc(S(=O)(=O)NC(C)CCN(C)C)c(N)n1. The molecule has 0 bridgehead atoms. The third kappa shape index (κ3) is 4.77. The van der Waals surface area contributed by atoms with Crippen LogP contribution < -0.4 is 10.5 Å². The van der Waals surface area contributed by atoms with Gasteiger partial charge in [-0.25, -0.2) is 13.1 Å². The van der Waals surface area contributed by atoms with E-state index in [9.17, 15) is 8.42 Å². The van der Waals surface area contributed by atoms with Crippen LogP contribution in [-0.4, -0.2) is 49.8 Å². The van der Waals surface area contributed by atoms with E-state index in [0.717, 1.165) is 19.4 Å². The molecule has 0 aromatic carbocycles. The Morgan fingerprint density at radius 2 is 2.15 bits per heavy atom. The van der Waals surface area contributed by atoms with Gasteiger partial charge in [-0.15, -0.1) is 0 Å². The van der Waals surface area contributed by atoms with E-state index in [0.29, 0.717) is 6.54 Å². The molecule has 1 aromatic rings. The lowest BCUT2D eigenvalue weighted by molar-refractivity contribution is 0.379. The van der Waals surface area contributed by atoms with Crippen molar-refractivity contribution < 1.29 is 8.42 Å². The molecule has 0 aliphatic carbocycles. The molecule has 0 spiro atoms. The van der Waals surface area contributed by atoms with Crippen molar-refractivity contribution in [3.05, 3.63) is 6.20 Å². The Bertz CT molecular complexity index is 524. The van der Waals surface area contributed by atoms with Gasteiger partial charge >= 0.3 is 0 Å². The van der Waals surface area contributed by atoms with E-state index in [1.54, 1.807) is 4.68 Å². The van der Waals surface area contributed by atoms with Crippen LogP contribution in [0.4, 0.5) is 5.82 Å². The van der Waals surface area contributed by atoms with Gasteiger partial charge in [-0.1, -0.05) is 6.92 Å². The van der Waals surface area contributed by atoms with Gasteiger partial charge in [0.2, 0.25) is 10.0 Å². The number of nitrogens with one attached hydrogen (secondary N) is 1. The molecule has 8 heteroatoms. The molecule has 0 saturated carbocycles. The second-order valence-electron chi connectivity index (χ2n) is 5.26. The summed E-state index contributed by atoms with van der Waals surface area (Å²) in [6.07, 6.45) is 3.09. The quantitative estimate of drug-likeness (QED) is 0.729. The topological polar surface area (TPSA) is 93.2 Å². The monoisotopic (exact) mass is 303 g/mol. The molecular formula is C12H25N5O2S. The lowest BCUT2D eigenvalue weighted by Gasteiger charge is -2.16. The van der Waals surface area contributed by atoms with Crippen molar-refractivity contribution in [2.75, 3.05) is 26.4 Å². The zero-order valence-electron chi connectivity index (χ0n) is 12.6. The number of hydrogen-bond donors (Lipinski definition) is 2. The summed E-state index contributed by atoms with van der Waals surface area (Å²) in [5.41, 5.74) is 5.70. The highest BCUT2D eigenvalue weighted by Crippen LogP contribution is 2.17. The molecule has 3 N–H and O–H groups in total. The molecule has 0 amide bonds. The van der Waals surface area contributed by atoms with Crippen molar-refractivity contribution in [3.8, 4) is 0 Å². The average molecular weight is 303 g/mol. The molecule has 0 fully saturated rings. The number of anilines is 1. The maximum Gasteiger partial charge on any atom is 0.246 e. The first-order valence-electron chi connectivity index (χ1n) is 6.76. The first-order valence-corrected chi connectivity index (χ1v) is 8.24. The van der Waals surface area contributed by atoms with Crippen LogP contribution in [0.2, 0.25) is 0 Å². The predicted octanol–water partition coefficient (Wildman–Crippen LogP) is 0.494. The second-order valence-corrected chi connectivity index (χ2v) is 6.94. The standard InChI is InChI=1S/C12H25N5O2S/c1-5-7-17-9-11(12(13)14-17)20(18,19)15-10(2)6-8-16(3)4/h9-10,15H,5-8H2,1-4H3,(H2,13,14). The van der Waals surface area contributed by atoms with E-state index in [1.165, 1.54) is 6.20 Å². The Hall–Kier alpha value is -1.12. The van der Waals surface area contributed by atoms with Crippen molar-refractivity contribution in [2.45, 2.75) is 44.2 Å². The Balaban J connectivity index is 2.77. The minimum absolute atomic E-state index is 0.0470. The van der Waals surface area contributed by atoms with E-state index in [4.69, 9.17) is 5.73 Å². The Kier molecular flexibility index (Phi) is 5.97. The Morgan fingerprint density at radius 3 is 2.70 bits per heavy atom. The van der Waals surface area contributed by atoms with Gasteiger partial charge in [0.15, 0.2) is 5.82 Å². The number of sulfonamides is 1. The zero-order chi connectivity index (χ0) is 15.3. The summed E-state index contributed by atoms with van der Waals surface area (Å²) in [4.78, 5) is 2.07. The number of aryl methyl sites for hydroxylation is 1. The fraction of sp³-hybridized carbons (Fsp3) is 0.750. The first kappa shape index (κ1) is 16.9. The van der Waals surface area contributed by atoms with Gasteiger partial charge in [-0.05, 0) is 40.4 Å². The molecule has 0 saturated heterocycles. The summed E-state index contributed by atoms with van der Waals surface area (Å²) >= 11 is 0. The third-order valence-corrected chi connectivity index (χ3v) is 4.47. The van der Waals surface area contributed by atoms with Gasteiger partial charge in [0.25, 0.3) is 0 Å². The Labute approximate surface area is 121 Å². The van der Waals surface area contributed by atoms with Crippen LogP contribution in [0.15, 0.2) is 11.1 Å². The predicted molar refractivity (Wildman–Crippen MR) is 79.9 cm³/mol. The highest BCUT2D eigenvalue weighted by Gasteiger charge is 2.23. The summed E-state index contributed by atoms with van der Waals surface area (Å²) < 4.78 is 28.7. The minimum atomic E-state index is -3.61. The summed E-state index contributed by atoms with van der Waals surface area (Å²) in [6, 6.07) is -0.156. The number of hydrogen-bond acceptors (Lipinski definition) is 5. The Morgan fingerprint density at radius 1 is 1.50 bits per heavy atom. The van der Waals surface area contributed by atoms with Crippen LogP contribution in [0.1, 0.15) is 26.7 Å². The van der Waals surface area contributed by atoms with Gasteiger partial charge < -0.3 is 10.6 Å². The third-order valence-electron chi connectivity index (χ3n) is 2.86. The molecule has 7 nitrogen and oxygen atoms in total. The van der Waals surface area contributed by atoms with Crippen LogP contribution in [-0.2, 0) is 16.6 Å². The fourth-order valence-electron chi connectivity index (χ4n) is 1.81. The molecule has 1 heterocycles. The van der Waals surface area contributed by atoms with Crippen molar-refractivity contribution in [2.24, 2.45) is 0 Å². The maximum atomic E-state index is 12.3. The fourth-order valence-corrected chi connectivity index (χ4v) is 3.16. The molecule has 0 aliphatic rings. The molecule has 0 aliphatic heterocycles. The number of rotatable bonds is 8. The first-order chi connectivity index (χ1) is 9.26. The highest BCUT2D eigenvalue weighted by molar-refractivity contribution is 7.89. The average Bonchev–Trinajstić information content (AvgIpc) is 2.68. The summed E-state index contributed by atoms with van der Waals surface area (Å²) in [6.45, 7) is 5.30. The van der Waals surface area contributed by atoms with E-state index in [2.05, 4.69) is 9.82 Å².